The summed E-state index contributed by atoms with van der Waals surface area (Å²) in [4.78, 5) is 0. The summed E-state index contributed by atoms with van der Waals surface area (Å²) >= 11 is 0. The van der Waals surface area contributed by atoms with Crippen LogP contribution < -0.4 is 5.32 Å². The van der Waals surface area contributed by atoms with Gasteiger partial charge in [0.25, 0.3) is 0 Å². The van der Waals surface area contributed by atoms with E-state index in [4.69, 9.17) is 0 Å². The molecule has 1 aliphatic rings. The Labute approximate surface area is 128 Å². The Morgan fingerprint density at radius 2 is 1.76 bits per heavy atom. The van der Waals surface area contributed by atoms with E-state index in [9.17, 15) is 8.42 Å². The molecule has 4 nitrogen and oxygen atoms in total. The maximum absolute atomic E-state index is 12.3. The van der Waals surface area contributed by atoms with Crippen molar-refractivity contribution in [1.82, 2.24) is 9.62 Å². The first-order valence-corrected chi connectivity index (χ1v) is 9.23. The second-order valence-electron chi connectivity index (χ2n) is 6.40. The SMILES string of the molecule is CC(C)CN(C)S(=O)(=O)Cc1ccc(CNC2CC2)cc1. The highest BCUT2D eigenvalue weighted by molar-refractivity contribution is 7.88. The molecule has 0 aliphatic heterocycles. The summed E-state index contributed by atoms with van der Waals surface area (Å²) in [6, 6.07) is 8.57. The maximum atomic E-state index is 12.3. The lowest BCUT2D eigenvalue weighted by molar-refractivity contribution is 0.416. The largest absolute Gasteiger partial charge is 0.310 e. The fourth-order valence-electron chi connectivity index (χ4n) is 2.25. The molecular formula is C16H26N2O2S. The average Bonchev–Trinajstić information content (AvgIpc) is 3.21. The molecular weight excluding hydrogens is 284 g/mol. The fourth-order valence-corrected chi connectivity index (χ4v) is 3.61. The van der Waals surface area contributed by atoms with Gasteiger partial charge in [-0.15, -0.1) is 0 Å². The predicted molar refractivity (Wildman–Crippen MR) is 86.4 cm³/mol. The van der Waals surface area contributed by atoms with Crippen LogP contribution in [-0.2, 0) is 22.3 Å². The van der Waals surface area contributed by atoms with Crippen LogP contribution in [0.4, 0.5) is 0 Å². The standard InChI is InChI=1S/C16H26N2O2S/c1-13(2)11-18(3)21(19,20)12-15-6-4-14(5-7-15)10-17-16-8-9-16/h4-7,13,16-17H,8-12H2,1-3H3. The van der Waals surface area contributed by atoms with Crippen LogP contribution in [0.1, 0.15) is 37.8 Å². The number of hydrogen-bond acceptors (Lipinski definition) is 3. The highest BCUT2D eigenvalue weighted by Crippen LogP contribution is 2.19. The van der Waals surface area contributed by atoms with E-state index >= 15 is 0 Å². The molecule has 0 unspecified atom stereocenters. The van der Waals surface area contributed by atoms with Crippen LogP contribution in [-0.4, -0.2) is 32.4 Å². The molecule has 1 fully saturated rings. The molecule has 1 aliphatic carbocycles. The summed E-state index contributed by atoms with van der Waals surface area (Å²) in [5, 5.41) is 3.45. The Bertz CT molecular complexity index is 548. The zero-order valence-electron chi connectivity index (χ0n) is 13.2. The molecule has 1 saturated carbocycles. The molecule has 21 heavy (non-hydrogen) atoms. The second-order valence-corrected chi connectivity index (χ2v) is 8.48. The Morgan fingerprint density at radius 1 is 1.19 bits per heavy atom. The summed E-state index contributed by atoms with van der Waals surface area (Å²) in [6.07, 6.45) is 2.55. The number of sulfonamides is 1. The molecule has 1 N–H and O–H groups in total. The Balaban J connectivity index is 1.91. The van der Waals surface area contributed by atoms with Crippen molar-refractivity contribution >= 4 is 10.0 Å². The Hall–Kier alpha value is -0.910. The van der Waals surface area contributed by atoms with Crippen LogP contribution in [0.25, 0.3) is 0 Å². The summed E-state index contributed by atoms with van der Waals surface area (Å²) in [5.41, 5.74) is 2.05. The first-order valence-electron chi connectivity index (χ1n) is 7.62. The third-order valence-electron chi connectivity index (χ3n) is 3.64. The van der Waals surface area contributed by atoms with Crippen LogP contribution in [0.15, 0.2) is 24.3 Å². The number of rotatable bonds is 8. The quantitative estimate of drug-likeness (QED) is 0.802. The van der Waals surface area contributed by atoms with Crippen LogP contribution in [0, 0.1) is 5.92 Å². The molecule has 1 aromatic rings. The lowest BCUT2D eigenvalue weighted by Gasteiger charge is -2.19. The Morgan fingerprint density at radius 3 is 2.29 bits per heavy atom. The van der Waals surface area contributed by atoms with Gasteiger partial charge in [-0.2, -0.15) is 0 Å². The monoisotopic (exact) mass is 310 g/mol. The number of nitrogens with one attached hydrogen (secondary N) is 1. The molecule has 5 heteroatoms. The topological polar surface area (TPSA) is 49.4 Å². The highest BCUT2D eigenvalue weighted by atomic mass is 32.2. The van der Waals surface area contributed by atoms with Gasteiger partial charge < -0.3 is 5.32 Å². The van der Waals surface area contributed by atoms with Crippen molar-refractivity contribution in [2.24, 2.45) is 5.92 Å². The molecule has 0 heterocycles. The molecule has 0 radical (unpaired) electrons. The van der Waals surface area contributed by atoms with E-state index in [1.165, 1.54) is 22.7 Å². The Kier molecular flexibility index (Phi) is 5.41. The number of nitrogens with zero attached hydrogens (tertiary/aromatic N) is 1. The van der Waals surface area contributed by atoms with Gasteiger partial charge in [0.2, 0.25) is 10.0 Å². The van der Waals surface area contributed by atoms with Gasteiger partial charge in [-0.3, -0.25) is 0 Å². The van der Waals surface area contributed by atoms with Crippen molar-refractivity contribution in [3.63, 3.8) is 0 Å². The zero-order valence-corrected chi connectivity index (χ0v) is 14.0. The molecule has 0 saturated heterocycles. The minimum atomic E-state index is -3.22. The van der Waals surface area contributed by atoms with Crippen molar-refractivity contribution in [2.45, 2.75) is 45.0 Å². The van der Waals surface area contributed by atoms with Crippen LogP contribution in [0.2, 0.25) is 0 Å². The normalized spacial score (nSPS) is 15.9. The van der Waals surface area contributed by atoms with Gasteiger partial charge in [-0.1, -0.05) is 38.1 Å². The summed E-state index contributed by atoms with van der Waals surface area (Å²) in [6.45, 7) is 5.47. The van der Waals surface area contributed by atoms with Gasteiger partial charge >= 0.3 is 0 Å². The van der Waals surface area contributed by atoms with Crippen molar-refractivity contribution in [1.29, 1.82) is 0 Å². The first kappa shape index (κ1) is 16.5. The van der Waals surface area contributed by atoms with Gasteiger partial charge in [0.05, 0.1) is 5.75 Å². The average molecular weight is 310 g/mol. The molecule has 0 aromatic heterocycles. The van der Waals surface area contributed by atoms with E-state index in [0.29, 0.717) is 18.5 Å². The molecule has 1 aromatic carbocycles. The highest BCUT2D eigenvalue weighted by Gasteiger charge is 2.20. The summed E-state index contributed by atoms with van der Waals surface area (Å²) in [7, 11) is -1.56. The molecule has 2 rings (SSSR count). The van der Waals surface area contributed by atoms with E-state index in [1.54, 1.807) is 7.05 Å². The van der Waals surface area contributed by atoms with Gasteiger partial charge in [0.1, 0.15) is 0 Å². The van der Waals surface area contributed by atoms with Crippen LogP contribution >= 0.6 is 0 Å². The molecule has 0 spiro atoms. The minimum Gasteiger partial charge on any atom is -0.310 e. The lowest BCUT2D eigenvalue weighted by atomic mass is 10.1. The van der Waals surface area contributed by atoms with Crippen molar-refractivity contribution in [2.75, 3.05) is 13.6 Å². The van der Waals surface area contributed by atoms with Gasteiger partial charge in [0.15, 0.2) is 0 Å². The third kappa shape index (κ3) is 5.41. The molecule has 0 bridgehead atoms. The van der Waals surface area contributed by atoms with Gasteiger partial charge in [-0.05, 0) is 29.9 Å². The van der Waals surface area contributed by atoms with E-state index < -0.39 is 10.0 Å². The summed E-state index contributed by atoms with van der Waals surface area (Å²) < 4.78 is 26.0. The minimum absolute atomic E-state index is 0.0759. The van der Waals surface area contributed by atoms with Crippen molar-refractivity contribution in [3.8, 4) is 0 Å². The smallest absolute Gasteiger partial charge is 0.218 e. The van der Waals surface area contributed by atoms with E-state index in [-0.39, 0.29) is 5.75 Å². The first-order chi connectivity index (χ1) is 9.87. The van der Waals surface area contributed by atoms with Crippen molar-refractivity contribution < 1.29 is 8.42 Å². The maximum Gasteiger partial charge on any atom is 0.218 e. The molecule has 118 valence electrons. The molecule has 0 amide bonds. The van der Waals surface area contributed by atoms with E-state index in [1.807, 2.05) is 38.1 Å². The number of benzene rings is 1. The fraction of sp³-hybridized carbons (Fsp3) is 0.625. The van der Waals surface area contributed by atoms with Crippen molar-refractivity contribution in [3.05, 3.63) is 35.4 Å². The van der Waals surface area contributed by atoms with Gasteiger partial charge in [0, 0.05) is 26.2 Å². The van der Waals surface area contributed by atoms with Gasteiger partial charge in [-0.25, -0.2) is 12.7 Å². The summed E-state index contributed by atoms with van der Waals surface area (Å²) in [5.74, 6) is 0.410. The van der Waals surface area contributed by atoms with E-state index in [0.717, 1.165) is 12.1 Å². The van der Waals surface area contributed by atoms with Crippen LogP contribution in [0.3, 0.4) is 0 Å². The van der Waals surface area contributed by atoms with E-state index in [2.05, 4.69) is 5.32 Å². The third-order valence-corrected chi connectivity index (χ3v) is 5.44. The predicted octanol–water partition coefficient (Wildman–Crippen LogP) is 2.36. The molecule has 0 atom stereocenters. The second kappa shape index (κ2) is 6.90. The number of hydrogen-bond donors (Lipinski definition) is 1. The lowest BCUT2D eigenvalue weighted by Crippen LogP contribution is -2.31. The van der Waals surface area contributed by atoms with Crippen LogP contribution in [0.5, 0.6) is 0 Å². The zero-order chi connectivity index (χ0) is 15.5.